The summed E-state index contributed by atoms with van der Waals surface area (Å²) in [5.74, 6) is 1.55. The molecule has 1 aliphatic heterocycles. The average molecular weight is 347 g/mol. The topological polar surface area (TPSA) is 63.1 Å². The number of carbonyl (C=O) groups is 1. The van der Waals surface area contributed by atoms with Crippen LogP contribution >= 0.6 is 0 Å². The monoisotopic (exact) mass is 347 g/mol. The molecular weight excluding hydrogens is 326 g/mol. The highest BCUT2D eigenvalue weighted by atomic mass is 16.1. The van der Waals surface area contributed by atoms with Crippen molar-refractivity contribution in [1.29, 1.82) is 0 Å². The van der Waals surface area contributed by atoms with Gasteiger partial charge in [-0.15, -0.1) is 0 Å². The molecule has 0 fully saturated rings. The van der Waals surface area contributed by atoms with Gasteiger partial charge in [0.1, 0.15) is 17.3 Å². The highest BCUT2D eigenvalue weighted by Crippen LogP contribution is 2.24. The second kappa shape index (κ2) is 7.00. The molecule has 0 radical (unpaired) electrons. The van der Waals surface area contributed by atoms with Crippen molar-refractivity contribution < 1.29 is 4.79 Å². The Morgan fingerprint density at radius 1 is 1.19 bits per heavy atom. The van der Waals surface area contributed by atoms with E-state index in [1.807, 2.05) is 42.1 Å². The number of nitrogens with one attached hydrogen (secondary N) is 1. The van der Waals surface area contributed by atoms with Crippen LogP contribution in [-0.2, 0) is 19.5 Å². The van der Waals surface area contributed by atoms with Crippen molar-refractivity contribution in [3.8, 4) is 0 Å². The molecule has 1 aromatic carbocycles. The van der Waals surface area contributed by atoms with Gasteiger partial charge < -0.3 is 14.8 Å². The number of anilines is 1. The number of hydrogen-bond acceptors (Lipinski definition) is 4. The number of amides is 1. The molecule has 0 atom stereocenters. The average Bonchev–Trinajstić information content (AvgIpc) is 3.27. The van der Waals surface area contributed by atoms with E-state index in [1.54, 1.807) is 12.3 Å². The highest BCUT2D eigenvalue weighted by Gasteiger charge is 2.19. The summed E-state index contributed by atoms with van der Waals surface area (Å²) in [5.41, 5.74) is 2.84. The van der Waals surface area contributed by atoms with E-state index in [-0.39, 0.29) is 5.91 Å². The lowest BCUT2D eigenvalue weighted by molar-refractivity contribution is 0.0944. The fraction of sp³-hybridized carbons (Fsp3) is 0.250. The van der Waals surface area contributed by atoms with E-state index in [4.69, 9.17) is 0 Å². The van der Waals surface area contributed by atoms with Crippen LogP contribution in [0, 0.1) is 0 Å². The van der Waals surface area contributed by atoms with Gasteiger partial charge in [0.2, 0.25) is 0 Å². The van der Waals surface area contributed by atoms with Crippen LogP contribution in [-0.4, -0.2) is 34.0 Å². The maximum Gasteiger partial charge on any atom is 0.270 e. The molecule has 0 spiro atoms. The summed E-state index contributed by atoms with van der Waals surface area (Å²) in [6.45, 7) is 2.05. The SMILES string of the molecule is CN1CCc2ccc(C(=O)NCc3nccn3Cc3ccccc3)nc21. The van der Waals surface area contributed by atoms with E-state index in [9.17, 15) is 4.79 Å². The predicted octanol–water partition coefficient (Wildman–Crippen LogP) is 2.25. The van der Waals surface area contributed by atoms with Gasteiger partial charge >= 0.3 is 0 Å². The van der Waals surface area contributed by atoms with Crippen LogP contribution in [0.25, 0.3) is 0 Å². The maximum absolute atomic E-state index is 12.5. The molecule has 26 heavy (non-hydrogen) atoms. The van der Waals surface area contributed by atoms with Crippen molar-refractivity contribution in [2.75, 3.05) is 18.5 Å². The van der Waals surface area contributed by atoms with Gasteiger partial charge in [-0.3, -0.25) is 4.79 Å². The smallest absolute Gasteiger partial charge is 0.270 e. The molecule has 132 valence electrons. The van der Waals surface area contributed by atoms with Crippen LogP contribution in [0.15, 0.2) is 54.9 Å². The molecule has 6 heteroatoms. The molecule has 4 rings (SSSR count). The number of hydrogen-bond donors (Lipinski definition) is 1. The van der Waals surface area contributed by atoms with Crippen molar-refractivity contribution >= 4 is 11.7 Å². The number of carbonyl (C=O) groups excluding carboxylic acids is 1. The van der Waals surface area contributed by atoms with Gasteiger partial charge in [0.15, 0.2) is 0 Å². The molecule has 1 N–H and O–H groups in total. The Hall–Kier alpha value is -3.15. The molecule has 6 nitrogen and oxygen atoms in total. The van der Waals surface area contributed by atoms with Gasteiger partial charge in [-0.1, -0.05) is 36.4 Å². The van der Waals surface area contributed by atoms with Crippen LogP contribution in [0.3, 0.4) is 0 Å². The Balaban J connectivity index is 1.43. The molecule has 3 heterocycles. The zero-order chi connectivity index (χ0) is 17.9. The first-order valence-corrected chi connectivity index (χ1v) is 8.74. The molecule has 1 amide bonds. The van der Waals surface area contributed by atoms with Gasteiger partial charge in [0.25, 0.3) is 5.91 Å². The first kappa shape index (κ1) is 16.3. The minimum absolute atomic E-state index is 0.178. The summed E-state index contributed by atoms with van der Waals surface area (Å²) in [5, 5.41) is 2.93. The Kier molecular flexibility index (Phi) is 4.39. The fourth-order valence-electron chi connectivity index (χ4n) is 3.20. The first-order chi connectivity index (χ1) is 12.7. The Labute approximate surface area is 152 Å². The van der Waals surface area contributed by atoms with E-state index in [0.717, 1.165) is 31.2 Å². The van der Waals surface area contributed by atoms with Gasteiger partial charge in [-0.2, -0.15) is 0 Å². The second-order valence-corrected chi connectivity index (χ2v) is 6.49. The van der Waals surface area contributed by atoms with Crippen LogP contribution in [0.5, 0.6) is 0 Å². The number of fused-ring (bicyclic) bond motifs is 1. The zero-order valence-corrected chi connectivity index (χ0v) is 14.7. The highest BCUT2D eigenvalue weighted by molar-refractivity contribution is 5.92. The molecule has 1 aliphatic rings. The molecule has 0 bridgehead atoms. The van der Waals surface area contributed by atoms with Crippen molar-refractivity contribution in [2.45, 2.75) is 19.5 Å². The lowest BCUT2D eigenvalue weighted by atomic mass is 10.2. The second-order valence-electron chi connectivity index (χ2n) is 6.49. The Morgan fingerprint density at radius 2 is 2.04 bits per heavy atom. The molecule has 3 aromatic rings. The number of rotatable bonds is 5. The lowest BCUT2D eigenvalue weighted by Gasteiger charge is -2.12. The Bertz CT molecular complexity index is 919. The van der Waals surface area contributed by atoms with E-state index < -0.39 is 0 Å². The number of imidazole rings is 1. The van der Waals surface area contributed by atoms with E-state index in [1.165, 1.54) is 11.1 Å². The summed E-state index contributed by atoms with van der Waals surface area (Å²) in [6.07, 6.45) is 4.67. The van der Waals surface area contributed by atoms with E-state index in [0.29, 0.717) is 12.2 Å². The quantitative estimate of drug-likeness (QED) is 0.769. The minimum atomic E-state index is -0.178. The van der Waals surface area contributed by atoms with Crippen LogP contribution < -0.4 is 10.2 Å². The molecular formula is C20H21N5O. The molecule has 2 aromatic heterocycles. The van der Waals surface area contributed by atoms with Gasteiger partial charge in [-0.25, -0.2) is 9.97 Å². The summed E-state index contributed by atoms with van der Waals surface area (Å²) < 4.78 is 2.04. The molecule has 0 saturated heterocycles. The van der Waals surface area contributed by atoms with Gasteiger partial charge in [-0.05, 0) is 23.6 Å². The van der Waals surface area contributed by atoms with Crippen molar-refractivity contribution in [3.05, 3.63) is 77.5 Å². The van der Waals surface area contributed by atoms with Crippen molar-refractivity contribution in [3.63, 3.8) is 0 Å². The third-order valence-corrected chi connectivity index (χ3v) is 4.67. The normalized spacial score (nSPS) is 12.9. The van der Waals surface area contributed by atoms with Crippen molar-refractivity contribution in [1.82, 2.24) is 19.9 Å². The summed E-state index contributed by atoms with van der Waals surface area (Å²) >= 11 is 0. The lowest BCUT2D eigenvalue weighted by Crippen LogP contribution is -2.26. The fourth-order valence-corrected chi connectivity index (χ4v) is 3.20. The summed E-state index contributed by atoms with van der Waals surface area (Å²) in [7, 11) is 2.00. The third kappa shape index (κ3) is 3.31. The molecule has 0 saturated carbocycles. The third-order valence-electron chi connectivity index (χ3n) is 4.67. The standard InChI is InChI=1S/C20H21N5O/c1-24-11-9-16-7-8-17(23-19(16)24)20(26)22-13-18-21-10-12-25(18)14-15-5-3-2-4-6-15/h2-8,10,12H,9,11,13-14H2,1H3,(H,22,26). The minimum Gasteiger partial charge on any atom is -0.359 e. The number of pyridine rings is 1. The van der Waals surface area contributed by atoms with Crippen molar-refractivity contribution in [2.24, 2.45) is 0 Å². The van der Waals surface area contributed by atoms with Crippen LogP contribution in [0.2, 0.25) is 0 Å². The predicted molar refractivity (Wildman–Crippen MR) is 100 cm³/mol. The number of aromatic nitrogens is 3. The number of nitrogens with zero attached hydrogens (tertiary/aromatic N) is 4. The zero-order valence-electron chi connectivity index (χ0n) is 14.7. The summed E-state index contributed by atoms with van der Waals surface area (Å²) in [4.78, 5) is 23.4. The van der Waals surface area contributed by atoms with Crippen LogP contribution in [0.1, 0.15) is 27.4 Å². The molecule has 0 aliphatic carbocycles. The van der Waals surface area contributed by atoms with Gasteiger partial charge in [0, 0.05) is 32.5 Å². The Morgan fingerprint density at radius 3 is 2.88 bits per heavy atom. The van der Waals surface area contributed by atoms with Gasteiger partial charge in [0.05, 0.1) is 6.54 Å². The van der Waals surface area contributed by atoms with E-state index in [2.05, 4.69) is 32.3 Å². The van der Waals surface area contributed by atoms with E-state index >= 15 is 0 Å². The maximum atomic E-state index is 12.5. The van der Waals surface area contributed by atoms with Crippen LogP contribution in [0.4, 0.5) is 5.82 Å². The number of benzene rings is 1. The largest absolute Gasteiger partial charge is 0.359 e. The first-order valence-electron chi connectivity index (χ1n) is 8.74. The number of likely N-dealkylation sites (N-methyl/N-ethyl adjacent to an activating group) is 1. The molecule has 0 unspecified atom stereocenters. The summed E-state index contributed by atoms with van der Waals surface area (Å²) in [6, 6.07) is 14.0.